The van der Waals surface area contributed by atoms with Crippen molar-refractivity contribution >= 4 is 29.9 Å². The zero-order valence-corrected chi connectivity index (χ0v) is 15.5. The summed E-state index contributed by atoms with van der Waals surface area (Å²) in [6.45, 7) is 6.20. The number of halogens is 3. The number of aliphatic imine (C=N–C) groups is 1. The Labute approximate surface area is 147 Å². The highest BCUT2D eigenvalue weighted by Gasteiger charge is 2.05. The summed E-state index contributed by atoms with van der Waals surface area (Å²) >= 11 is 0. The van der Waals surface area contributed by atoms with Gasteiger partial charge in [-0.25, -0.2) is 8.78 Å². The van der Waals surface area contributed by atoms with E-state index in [1.54, 1.807) is 7.05 Å². The molecule has 0 spiro atoms. The van der Waals surface area contributed by atoms with Gasteiger partial charge in [0.1, 0.15) is 11.6 Å². The zero-order valence-electron chi connectivity index (χ0n) is 13.2. The monoisotopic (exact) mass is 427 g/mol. The molecule has 0 radical (unpaired) electrons. The zero-order chi connectivity index (χ0) is 15.7. The van der Waals surface area contributed by atoms with Crippen molar-refractivity contribution in [2.75, 3.05) is 26.8 Å². The third-order valence-corrected chi connectivity index (χ3v) is 2.67. The fourth-order valence-electron chi connectivity index (χ4n) is 1.64. The maximum absolute atomic E-state index is 13.5. The maximum atomic E-state index is 13.5. The van der Waals surface area contributed by atoms with Crippen LogP contribution in [0.4, 0.5) is 8.78 Å². The lowest BCUT2D eigenvalue weighted by atomic mass is 10.2. The molecular formula is C15H24F2IN3O. The standard InChI is InChI=1S/C15H23F2N3O.HI/c1-11(2)10-21-7-6-19-15(18-3)20-9-12-8-13(16)4-5-14(12)17;/h4-5,8,11H,6-7,9-10H2,1-3H3,(H2,18,19,20);1H. The average Bonchev–Trinajstić information content (AvgIpc) is 2.45. The Morgan fingerprint density at radius 2 is 2.00 bits per heavy atom. The van der Waals surface area contributed by atoms with Crippen molar-refractivity contribution in [3.63, 3.8) is 0 Å². The second-order valence-corrected chi connectivity index (χ2v) is 5.06. The van der Waals surface area contributed by atoms with Crippen LogP contribution < -0.4 is 10.6 Å². The van der Waals surface area contributed by atoms with Gasteiger partial charge in [-0.2, -0.15) is 0 Å². The van der Waals surface area contributed by atoms with Gasteiger partial charge in [0.05, 0.1) is 6.61 Å². The van der Waals surface area contributed by atoms with Crippen molar-refractivity contribution < 1.29 is 13.5 Å². The van der Waals surface area contributed by atoms with Crippen LogP contribution in [0.15, 0.2) is 23.2 Å². The molecule has 4 nitrogen and oxygen atoms in total. The molecule has 2 N–H and O–H groups in total. The van der Waals surface area contributed by atoms with Gasteiger partial charge in [0, 0.05) is 32.3 Å². The Kier molecular flexibility index (Phi) is 11.1. The number of nitrogens with zero attached hydrogens (tertiary/aromatic N) is 1. The molecule has 0 heterocycles. The molecule has 0 unspecified atom stereocenters. The maximum Gasteiger partial charge on any atom is 0.191 e. The molecule has 126 valence electrons. The lowest BCUT2D eigenvalue weighted by molar-refractivity contribution is 0.114. The number of ether oxygens (including phenoxy) is 1. The summed E-state index contributed by atoms with van der Waals surface area (Å²) in [5, 5.41) is 5.98. The number of guanidine groups is 1. The lowest BCUT2D eigenvalue weighted by Crippen LogP contribution is -2.38. The molecular weight excluding hydrogens is 403 g/mol. The molecule has 22 heavy (non-hydrogen) atoms. The van der Waals surface area contributed by atoms with Gasteiger partial charge in [-0.15, -0.1) is 24.0 Å². The van der Waals surface area contributed by atoms with Crippen molar-refractivity contribution in [3.8, 4) is 0 Å². The van der Waals surface area contributed by atoms with Crippen LogP contribution in [0.2, 0.25) is 0 Å². The molecule has 1 aromatic carbocycles. The minimum atomic E-state index is -0.460. The molecule has 0 amide bonds. The van der Waals surface area contributed by atoms with E-state index < -0.39 is 11.6 Å². The summed E-state index contributed by atoms with van der Waals surface area (Å²) in [5.74, 6) is 0.114. The molecule has 0 aromatic heterocycles. The van der Waals surface area contributed by atoms with Crippen LogP contribution >= 0.6 is 24.0 Å². The molecule has 0 bridgehead atoms. The summed E-state index contributed by atoms with van der Waals surface area (Å²) in [4.78, 5) is 4.01. The average molecular weight is 427 g/mol. The first kappa shape index (κ1) is 21.0. The van der Waals surface area contributed by atoms with E-state index in [1.807, 2.05) is 0 Å². The highest BCUT2D eigenvalue weighted by molar-refractivity contribution is 14.0. The molecule has 0 saturated carbocycles. The van der Waals surface area contributed by atoms with Crippen LogP contribution in [-0.2, 0) is 11.3 Å². The van der Waals surface area contributed by atoms with E-state index in [4.69, 9.17) is 4.74 Å². The quantitative estimate of drug-likeness (QED) is 0.305. The van der Waals surface area contributed by atoms with Crippen molar-refractivity contribution in [2.24, 2.45) is 10.9 Å². The first-order valence-electron chi connectivity index (χ1n) is 6.99. The minimum Gasteiger partial charge on any atom is -0.379 e. The molecule has 0 aliphatic heterocycles. The van der Waals surface area contributed by atoms with E-state index >= 15 is 0 Å². The molecule has 0 aliphatic rings. The van der Waals surface area contributed by atoms with Crippen molar-refractivity contribution in [1.29, 1.82) is 0 Å². The summed E-state index contributed by atoms with van der Waals surface area (Å²) in [7, 11) is 1.62. The highest BCUT2D eigenvalue weighted by atomic mass is 127. The molecule has 0 saturated heterocycles. The molecule has 0 fully saturated rings. The van der Waals surface area contributed by atoms with Crippen LogP contribution in [0.1, 0.15) is 19.4 Å². The van der Waals surface area contributed by atoms with Gasteiger partial charge in [0.25, 0.3) is 0 Å². The van der Waals surface area contributed by atoms with E-state index in [2.05, 4.69) is 29.5 Å². The summed E-state index contributed by atoms with van der Waals surface area (Å²) in [6.07, 6.45) is 0. The van der Waals surface area contributed by atoms with Crippen LogP contribution in [0.5, 0.6) is 0 Å². The topological polar surface area (TPSA) is 45.7 Å². The minimum absolute atomic E-state index is 0. The Morgan fingerprint density at radius 3 is 2.64 bits per heavy atom. The van der Waals surface area contributed by atoms with Gasteiger partial charge < -0.3 is 15.4 Å². The van der Waals surface area contributed by atoms with Crippen molar-refractivity contribution in [3.05, 3.63) is 35.4 Å². The van der Waals surface area contributed by atoms with Gasteiger partial charge in [-0.05, 0) is 24.1 Å². The highest BCUT2D eigenvalue weighted by Crippen LogP contribution is 2.08. The van der Waals surface area contributed by atoms with E-state index in [9.17, 15) is 8.78 Å². The summed E-state index contributed by atoms with van der Waals surface area (Å²) in [5.41, 5.74) is 0.258. The van der Waals surface area contributed by atoms with Crippen LogP contribution in [-0.4, -0.2) is 32.8 Å². The van der Waals surface area contributed by atoms with Gasteiger partial charge in [-0.1, -0.05) is 13.8 Å². The second kappa shape index (κ2) is 11.6. The van der Waals surface area contributed by atoms with Gasteiger partial charge >= 0.3 is 0 Å². The van der Waals surface area contributed by atoms with E-state index in [-0.39, 0.29) is 36.1 Å². The SMILES string of the molecule is CN=C(NCCOCC(C)C)NCc1cc(F)ccc1F.I. The predicted octanol–water partition coefficient (Wildman–Crippen LogP) is 2.92. The number of hydrogen-bond acceptors (Lipinski definition) is 2. The van der Waals surface area contributed by atoms with Gasteiger partial charge in [0.15, 0.2) is 5.96 Å². The largest absolute Gasteiger partial charge is 0.379 e. The third-order valence-electron chi connectivity index (χ3n) is 2.67. The van der Waals surface area contributed by atoms with Crippen LogP contribution in [0.3, 0.4) is 0 Å². The fraction of sp³-hybridized carbons (Fsp3) is 0.533. The second-order valence-electron chi connectivity index (χ2n) is 5.06. The van der Waals surface area contributed by atoms with E-state index in [0.717, 1.165) is 12.1 Å². The number of rotatable bonds is 7. The molecule has 7 heteroatoms. The summed E-state index contributed by atoms with van der Waals surface area (Å²) < 4.78 is 31.9. The molecule has 0 aliphatic carbocycles. The first-order valence-corrected chi connectivity index (χ1v) is 6.99. The molecule has 0 atom stereocenters. The Morgan fingerprint density at radius 1 is 1.27 bits per heavy atom. The Balaban J connectivity index is 0.00000441. The van der Waals surface area contributed by atoms with E-state index in [0.29, 0.717) is 31.6 Å². The molecule has 1 aromatic rings. The van der Waals surface area contributed by atoms with Crippen molar-refractivity contribution in [1.82, 2.24) is 10.6 Å². The number of hydrogen-bond donors (Lipinski definition) is 2. The Bertz CT molecular complexity index is 470. The van der Waals surface area contributed by atoms with Gasteiger partial charge in [-0.3, -0.25) is 4.99 Å². The lowest BCUT2D eigenvalue weighted by Gasteiger charge is -2.13. The fourth-order valence-corrected chi connectivity index (χ4v) is 1.64. The predicted molar refractivity (Wildman–Crippen MR) is 95.6 cm³/mol. The van der Waals surface area contributed by atoms with Crippen molar-refractivity contribution in [2.45, 2.75) is 20.4 Å². The van der Waals surface area contributed by atoms with E-state index in [1.165, 1.54) is 6.07 Å². The molecule has 1 rings (SSSR count). The van der Waals surface area contributed by atoms with Crippen LogP contribution in [0, 0.1) is 17.6 Å². The normalized spacial score (nSPS) is 11.3. The van der Waals surface area contributed by atoms with Gasteiger partial charge in [0.2, 0.25) is 0 Å². The summed E-state index contributed by atoms with van der Waals surface area (Å²) in [6, 6.07) is 3.38. The third kappa shape index (κ3) is 8.47. The van der Waals surface area contributed by atoms with Crippen LogP contribution in [0.25, 0.3) is 0 Å². The number of nitrogens with one attached hydrogen (secondary N) is 2. The first-order chi connectivity index (χ1) is 10.0. The number of benzene rings is 1. The Hall–Kier alpha value is -0.960. The smallest absolute Gasteiger partial charge is 0.191 e.